The molecule has 1 aliphatic heterocycles. The second-order valence-electron chi connectivity index (χ2n) is 7.01. The summed E-state index contributed by atoms with van der Waals surface area (Å²) in [5.74, 6) is 0. The van der Waals surface area contributed by atoms with E-state index in [2.05, 4.69) is 119 Å². The van der Waals surface area contributed by atoms with Crippen molar-refractivity contribution in [3.8, 4) is 0 Å². The van der Waals surface area contributed by atoms with Crippen molar-refractivity contribution in [3.63, 3.8) is 0 Å². The molecule has 0 spiro atoms. The lowest BCUT2D eigenvalue weighted by atomic mass is 9.75. The fraction of sp³-hybridized carbons (Fsp3) is 0.0769. The molecule has 28 heavy (non-hydrogen) atoms. The summed E-state index contributed by atoms with van der Waals surface area (Å²) in [5.41, 5.74) is 5.59. The molecular formula is C26H21N2. The first-order chi connectivity index (χ1) is 13.9. The fourth-order valence-electron chi connectivity index (χ4n) is 4.35. The average Bonchev–Trinajstić information content (AvgIpc) is 3.21. The monoisotopic (exact) mass is 361 g/mol. The van der Waals surface area contributed by atoms with Gasteiger partial charge in [-0.25, -0.2) is 0 Å². The van der Waals surface area contributed by atoms with Gasteiger partial charge in [-0.3, -0.25) is 0 Å². The van der Waals surface area contributed by atoms with Crippen LogP contribution >= 0.6 is 0 Å². The number of hydrogen-bond acceptors (Lipinski definition) is 2. The zero-order valence-corrected chi connectivity index (χ0v) is 15.5. The van der Waals surface area contributed by atoms with Gasteiger partial charge in [-0.2, -0.15) is 0 Å². The molecular weight excluding hydrogens is 340 g/mol. The summed E-state index contributed by atoms with van der Waals surface area (Å²) in [6.07, 6.45) is 0. The van der Waals surface area contributed by atoms with Crippen LogP contribution in [-0.4, -0.2) is 6.67 Å². The molecule has 5 rings (SSSR count). The molecule has 135 valence electrons. The van der Waals surface area contributed by atoms with Crippen LogP contribution in [0.3, 0.4) is 0 Å². The highest BCUT2D eigenvalue weighted by atomic mass is 15.3. The van der Waals surface area contributed by atoms with E-state index in [1.54, 1.807) is 0 Å². The molecule has 0 unspecified atom stereocenters. The van der Waals surface area contributed by atoms with Crippen LogP contribution in [0.4, 0.5) is 11.4 Å². The highest BCUT2D eigenvalue weighted by Crippen LogP contribution is 2.48. The van der Waals surface area contributed by atoms with Gasteiger partial charge in [-0.1, -0.05) is 97.1 Å². The third-order valence-electron chi connectivity index (χ3n) is 5.54. The SMILES string of the molecule is [c]1ccc2c(c1)N(C(c1ccccc1)(c1ccccc1)c1ccccc1)CN2. The Morgan fingerprint density at radius 3 is 1.68 bits per heavy atom. The van der Waals surface area contributed by atoms with Gasteiger partial charge >= 0.3 is 0 Å². The molecule has 4 aromatic rings. The predicted octanol–water partition coefficient (Wildman–Crippen LogP) is 5.67. The maximum atomic E-state index is 3.57. The molecule has 1 radical (unpaired) electrons. The van der Waals surface area contributed by atoms with Crippen molar-refractivity contribution in [2.24, 2.45) is 0 Å². The zero-order chi connectivity index (χ0) is 18.8. The second kappa shape index (κ2) is 6.90. The van der Waals surface area contributed by atoms with Crippen molar-refractivity contribution in [1.82, 2.24) is 0 Å². The topological polar surface area (TPSA) is 15.3 Å². The molecule has 0 aliphatic carbocycles. The van der Waals surface area contributed by atoms with Crippen LogP contribution in [0.5, 0.6) is 0 Å². The molecule has 1 N–H and O–H groups in total. The van der Waals surface area contributed by atoms with E-state index in [1.165, 1.54) is 22.4 Å². The van der Waals surface area contributed by atoms with E-state index in [1.807, 2.05) is 6.07 Å². The Morgan fingerprint density at radius 1 is 0.679 bits per heavy atom. The van der Waals surface area contributed by atoms with Crippen molar-refractivity contribution in [1.29, 1.82) is 0 Å². The highest BCUT2D eigenvalue weighted by molar-refractivity contribution is 5.78. The van der Waals surface area contributed by atoms with Gasteiger partial charge in [0.25, 0.3) is 0 Å². The number of rotatable bonds is 4. The van der Waals surface area contributed by atoms with E-state index in [0.29, 0.717) is 0 Å². The molecule has 0 aromatic heterocycles. The largest absolute Gasteiger partial charge is 0.366 e. The van der Waals surface area contributed by atoms with Gasteiger partial charge in [0.05, 0.1) is 18.0 Å². The molecule has 0 saturated carbocycles. The second-order valence-corrected chi connectivity index (χ2v) is 7.01. The summed E-state index contributed by atoms with van der Waals surface area (Å²) in [4.78, 5) is 2.46. The maximum Gasteiger partial charge on any atom is 0.118 e. The summed E-state index contributed by atoms with van der Waals surface area (Å²) in [7, 11) is 0. The fourth-order valence-corrected chi connectivity index (χ4v) is 4.35. The lowest BCUT2D eigenvalue weighted by molar-refractivity contribution is 0.584. The molecule has 4 aromatic carbocycles. The number of benzene rings is 4. The number of nitrogens with one attached hydrogen (secondary N) is 1. The molecule has 0 atom stereocenters. The molecule has 1 aliphatic rings. The quantitative estimate of drug-likeness (QED) is 0.471. The summed E-state index contributed by atoms with van der Waals surface area (Å²) >= 11 is 0. The van der Waals surface area contributed by atoms with E-state index in [-0.39, 0.29) is 0 Å². The lowest BCUT2D eigenvalue weighted by Crippen LogP contribution is -2.48. The minimum Gasteiger partial charge on any atom is -0.366 e. The molecule has 0 saturated heterocycles. The first-order valence-electron chi connectivity index (χ1n) is 9.59. The maximum absolute atomic E-state index is 3.57. The number of nitrogens with zero attached hydrogens (tertiary/aromatic N) is 1. The minimum absolute atomic E-state index is 0.447. The highest BCUT2D eigenvalue weighted by Gasteiger charge is 2.44. The molecule has 2 nitrogen and oxygen atoms in total. The Bertz CT molecular complexity index is 962. The predicted molar refractivity (Wildman–Crippen MR) is 115 cm³/mol. The summed E-state index contributed by atoms with van der Waals surface area (Å²) in [6, 6.07) is 41.7. The van der Waals surface area contributed by atoms with Gasteiger partial charge < -0.3 is 10.2 Å². The standard InChI is InChI=1S/C26H21N2/c1-4-12-21(13-5-1)26(22-14-6-2-7-15-22,23-16-8-3-9-17-23)28-20-27-24-18-10-11-19-25(24)28/h1-10,12-19,27H,20H2. The normalized spacial score (nSPS) is 13.1. The summed E-state index contributed by atoms with van der Waals surface area (Å²) in [6.45, 7) is 0.728. The molecule has 0 fully saturated rings. The van der Waals surface area contributed by atoms with Crippen molar-refractivity contribution in [3.05, 3.63) is 132 Å². The number of fused-ring (bicyclic) bond motifs is 1. The van der Waals surface area contributed by atoms with Crippen LogP contribution in [0.15, 0.2) is 109 Å². The van der Waals surface area contributed by atoms with Crippen molar-refractivity contribution >= 4 is 11.4 Å². The van der Waals surface area contributed by atoms with Gasteiger partial charge in [0.1, 0.15) is 5.54 Å². The molecule has 0 amide bonds. The van der Waals surface area contributed by atoms with Gasteiger partial charge in [0, 0.05) is 0 Å². The first-order valence-corrected chi connectivity index (χ1v) is 9.59. The Morgan fingerprint density at radius 2 is 1.18 bits per heavy atom. The lowest BCUT2D eigenvalue weighted by Gasteiger charge is -2.44. The van der Waals surface area contributed by atoms with Crippen LogP contribution in [-0.2, 0) is 5.54 Å². The van der Waals surface area contributed by atoms with E-state index in [9.17, 15) is 0 Å². The Hall–Kier alpha value is -3.52. The molecule has 0 bridgehead atoms. The minimum atomic E-state index is -0.447. The smallest absolute Gasteiger partial charge is 0.118 e. The van der Waals surface area contributed by atoms with Crippen LogP contribution < -0.4 is 10.2 Å². The van der Waals surface area contributed by atoms with Gasteiger partial charge in [0.2, 0.25) is 0 Å². The van der Waals surface area contributed by atoms with Crippen LogP contribution in [0.1, 0.15) is 16.7 Å². The number of hydrogen-bond donors (Lipinski definition) is 1. The van der Waals surface area contributed by atoms with Gasteiger partial charge in [-0.05, 0) is 34.9 Å². The number of anilines is 2. The molecule has 2 heteroatoms. The molecule has 1 heterocycles. The van der Waals surface area contributed by atoms with E-state index < -0.39 is 5.54 Å². The van der Waals surface area contributed by atoms with Crippen molar-refractivity contribution in [2.75, 3.05) is 16.9 Å². The third kappa shape index (κ3) is 2.49. The first kappa shape index (κ1) is 16.6. The zero-order valence-electron chi connectivity index (χ0n) is 15.5. The van der Waals surface area contributed by atoms with Crippen LogP contribution in [0.2, 0.25) is 0 Å². The summed E-state index contributed by atoms with van der Waals surface area (Å²) in [5, 5.41) is 3.57. The Labute approximate surface area is 166 Å². The van der Waals surface area contributed by atoms with E-state index in [4.69, 9.17) is 0 Å². The van der Waals surface area contributed by atoms with Gasteiger partial charge in [0.15, 0.2) is 0 Å². The van der Waals surface area contributed by atoms with Crippen molar-refractivity contribution < 1.29 is 0 Å². The average molecular weight is 361 g/mol. The van der Waals surface area contributed by atoms with E-state index in [0.717, 1.165) is 12.4 Å². The third-order valence-corrected chi connectivity index (χ3v) is 5.54. The van der Waals surface area contributed by atoms with Crippen molar-refractivity contribution in [2.45, 2.75) is 5.54 Å². The Kier molecular flexibility index (Phi) is 4.10. The van der Waals surface area contributed by atoms with Crippen LogP contribution in [0, 0.1) is 6.07 Å². The van der Waals surface area contributed by atoms with Gasteiger partial charge in [-0.15, -0.1) is 0 Å². The van der Waals surface area contributed by atoms with E-state index >= 15 is 0 Å². The van der Waals surface area contributed by atoms with Crippen LogP contribution in [0.25, 0.3) is 0 Å². The summed E-state index contributed by atoms with van der Waals surface area (Å²) < 4.78 is 0. The Balaban J connectivity index is 1.87.